The molecule has 0 spiro atoms. The molecule has 0 atom stereocenters. The maximum atomic E-state index is 13.6. The SMILES string of the molecule is CC(C)(C)C(=O)N1CCOCC1.CC(C)(C)C(F)(F)CN1CCOCC1.CC(C)(C)CC(=O)N1CCOCC1.CC(C)(C)CCN1CCOCC1.CC(C)(C)CN1CCOCC1.CC(C)(C)N1CCOCC1.CC(C)(C)OCCN1CCOCC1.CC(C)C.CCCN1CCOCC1.CN(CCN1CCOCC1)C(C)(C)C.CN1CCN(C(C)(C)C)CC1. The van der Waals surface area contributed by atoms with Crippen LogP contribution < -0.4 is 0 Å². The molecule has 0 aromatic heterocycles. The lowest BCUT2D eigenvalue weighted by molar-refractivity contribution is -0.143. The van der Waals surface area contributed by atoms with Gasteiger partial charge in [0.05, 0.1) is 138 Å². The standard InChI is InChI=1S/C11H24N2O.C10H19F2NO.C10H21NO2.C10H19NO2.C10H21NO.C9H20N2.C9H17NO2.C9H19NO.C8H17NO.C7H15NO.C4H10/c1-11(2,3)12(4)5-6-13-7-9-14-10-8-13;1-9(2,3)10(11,12)8-13-4-6-14-7-5-13;1-10(2,3)13-9-6-11-4-7-12-8-5-11;1-10(2,3)8-9(12)11-4-6-13-7-5-11;1-10(2,3)4-5-11-6-8-12-9-7-11;1-9(2,3)11-7-5-10(4)6-8-11;1-9(2,3)8(11)10-4-6-12-7-5-10;1-9(2,3)8-10-4-6-11-7-5-10;1-8(2,3)9-4-6-10-7-5-9;1-2-3-8-4-6-9-7-5-8;1-4(2)3/h5-10H2,1-4H3;4-8H2,1-3H3;4-9H2,1-3H3;4-8H2,1-3H3;4-9H2,1-3H3;5-8H2,1-4H3;4-7H2,1-3H3;4-8H2,1-3H3;4-7H2,1-3H3;2-7H2,1H3;4H,1-3H3. The zero-order valence-electron chi connectivity index (χ0n) is 86.7. The minimum atomic E-state index is -2.63. The quantitative estimate of drug-likeness (QED) is 0.161. The van der Waals surface area contributed by atoms with Crippen LogP contribution in [0.4, 0.5) is 8.78 Å². The Labute approximate surface area is 757 Å². The molecule has 0 aromatic rings. The van der Waals surface area contributed by atoms with Crippen LogP contribution in [0.2, 0.25) is 0 Å². The highest BCUT2D eigenvalue weighted by Gasteiger charge is 2.44. The Morgan fingerprint density at radius 1 is 0.366 bits per heavy atom. The summed E-state index contributed by atoms with van der Waals surface area (Å²) >= 11 is 0. The number of rotatable bonds is 14. The number of hydrogen-bond acceptors (Lipinski definition) is 22. The van der Waals surface area contributed by atoms with Crippen molar-refractivity contribution in [3.63, 3.8) is 0 Å². The molecule has 0 saturated carbocycles. The lowest BCUT2D eigenvalue weighted by atomic mass is 9.87. The van der Waals surface area contributed by atoms with E-state index in [9.17, 15) is 18.4 Å². The summed E-state index contributed by atoms with van der Waals surface area (Å²) in [6.45, 7) is 111. The van der Waals surface area contributed by atoms with Crippen LogP contribution in [0, 0.1) is 33.0 Å². The molecular weight excluding hydrogens is 1560 g/mol. The molecule has 0 bridgehead atoms. The van der Waals surface area contributed by atoms with Crippen LogP contribution in [0.1, 0.15) is 234 Å². The number of carbonyl (C=O) groups excluding carboxylic acids is 2. The Bertz CT molecular complexity index is 2510. The van der Waals surface area contributed by atoms with Crippen LogP contribution >= 0.6 is 0 Å². The van der Waals surface area contributed by atoms with E-state index < -0.39 is 11.3 Å². The first kappa shape index (κ1) is 121. The van der Waals surface area contributed by atoms with Gasteiger partial charge >= 0.3 is 0 Å². The first-order chi connectivity index (χ1) is 56.8. The average molecular weight is 1770 g/mol. The van der Waals surface area contributed by atoms with Gasteiger partial charge in [-0.05, 0) is 145 Å². The summed E-state index contributed by atoms with van der Waals surface area (Å²) in [6, 6.07) is 0. The van der Waals surface area contributed by atoms with Gasteiger partial charge in [0.2, 0.25) is 11.8 Å². The van der Waals surface area contributed by atoms with Crippen molar-refractivity contribution in [1.29, 1.82) is 0 Å². The van der Waals surface area contributed by atoms with Crippen LogP contribution in [0.5, 0.6) is 0 Å². The number of nitrogens with zero attached hydrogens (tertiary/aromatic N) is 12. The normalized spacial score (nSPS) is 20.8. The van der Waals surface area contributed by atoms with Gasteiger partial charge in [0.25, 0.3) is 5.92 Å². The molecule has 10 aliphatic heterocycles. The van der Waals surface area contributed by atoms with Crippen molar-refractivity contribution in [3.05, 3.63) is 0 Å². The zero-order valence-corrected chi connectivity index (χ0v) is 86.7. The second-order valence-corrected chi connectivity index (χ2v) is 44.8. The number of likely N-dealkylation sites (N-methyl/N-ethyl adjacent to an activating group) is 2. The highest BCUT2D eigenvalue weighted by atomic mass is 19.3. The van der Waals surface area contributed by atoms with E-state index in [-0.39, 0.29) is 40.3 Å². The smallest absolute Gasteiger partial charge is 0.265 e. The minimum Gasteiger partial charge on any atom is -0.379 e. The van der Waals surface area contributed by atoms with E-state index in [2.05, 4.69) is 231 Å². The Hall–Kier alpha value is -2.00. The predicted octanol–water partition coefficient (Wildman–Crippen LogP) is 14.0. The summed E-state index contributed by atoms with van der Waals surface area (Å²) in [6.07, 6.45) is 3.18. The fourth-order valence-electron chi connectivity index (χ4n) is 13.3. The van der Waals surface area contributed by atoms with Gasteiger partial charge in [0, 0.05) is 204 Å². The maximum Gasteiger partial charge on any atom is 0.265 e. The van der Waals surface area contributed by atoms with Gasteiger partial charge in [0.15, 0.2) is 0 Å². The van der Waals surface area contributed by atoms with Crippen LogP contribution in [-0.4, -0.2) is 428 Å². The number of amides is 2. The number of carbonyl (C=O) groups is 2. The van der Waals surface area contributed by atoms with Crippen LogP contribution in [0.3, 0.4) is 0 Å². The van der Waals surface area contributed by atoms with E-state index in [1.807, 2.05) is 30.6 Å². The van der Waals surface area contributed by atoms with Gasteiger partial charge < -0.3 is 67.0 Å². The fraction of sp³-hybridized carbons (Fsp3) is 0.979. The zero-order chi connectivity index (χ0) is 93.8. The summed E-state index contributed by atoms with van der Waals surface area (Å²) in [5.41, 5.74) is 0.733. The van der Waals surface area contributed by atoms with E-state index >= 15 is 0 Å². The minimum absolute atomic E-state index is 0.00765. The van der Waals surface area contributed by atoms with E-state index in [1.54, 1.807) is 25.7 Å². The van der Waals surface area contributed by atoms with Crippen molar-refractivity contribution in [2.75, 3.05) is 329 Å². The highest BCUT2D eigenvalue weighted by molar-refractivity contribution is 5.81. The molecule has 736 valence electrons. The summed E-state index contributed by atoms with van der Waals surface area (Å²) in [7, 11) is 4.39. The first-order valence-corrected chi connectivity index (χ1v) is 47.9. The van der Waals surface area contributed by atoms with E-state index in [0.717, 1.165) is 216 Å². The molecule has 0 unspecified atom stereocenters. The fourth-order valence-corrected chi connectivity index (χ4v) is 13.3. The highest BCUT2D eigenvalue weighted by Crippen LogP contribution is 2.36. The van der Waals surface area contributed by atoms with Gasteiger partial charge in [-0.3, -0.25) is 48.8 Å². The summed E-state index contributed by atoms with van der Waals surface area (Å²) in [5.74, 6) is -1.31. The molecule has 10 fully saturated rings. The topological polar surface area (TPSA) is 165 Å². The predicted molar refractivity (Wildman–Crippen MR) is 510 cm³/mol. The monoisotopic (exact) mass is 1770 g/mol. The average Bonchev–Trinajstić information content (AvgIpc) is 0.827. The van der Waals surface area contributed by atoms with Gasteiger partial charge in [-0.25, -0.2) is 8.78 Å². The first-order valence-electron chi connectivity index (χ1n) is 47.9. The molecule has 24 nitrogen and oxygen atoms in total. The molecule has 0 N–H and O–H groups in total. The van der Waals surface area contributed by atoms with Crippen LogP contribution in [0.15, 0.2) is 0 Å². The van der Waals surface area contributed by atoms with Crippen molar-refractivity contribution in [2.24, 2.45) is 33.0 Å². The van der Waals surface area contributed by atoms with E-state index in [1.165, 1.54) is 58.7 Å². The van der Waals surface area contributed by atoms with Gasteiger partial charge in [-0.1, -0.05) is 132 Å². The second kappa shape index (κ2) is 63.2. The van der Waals surface area contributed by atoms with Gasteiger partial charge in [-0.2, -0.15) is 0 Å². The molecule has 0 radical (unpaired) electrons. The maximum absolute atomic E-state index is 13.6. The third kappa shape index (κ3) is 67.8. The van der Waals surface area contributed by atoms with Crippen molar-refractivity contribution < 1.29 is 65.7 Å². The molecular formula is C97H202F2N12O12. The van der Waals surface area contributed by atoms with Gasteiger partial charge in [-0.15, -0.1) is 0 Å². The van der Waals surface area contributed by atoms with Crippen molar-refractivity contribution >= 4 is 11.8 Å². The number of halogens is 2. The third-order valence-corrected chi connectivity index (χ3v) is 21.8. The van der Waals surface area contributed by atoms with Crippen molar-refractivity contribution in [3.8, 4) is 0 Å². The molecule has 123 heavy (non-hydrogen) atoms. The van der Waals surface area contributed by atoms with E-state index in [0.29, 0.717) is 81.1 Å². The molecule has 0 aliphatic carbocycles. The largest absolute Gasteiger partial charge is 0.379 e. The van der Waals surface area contributed by atoms with Gasteiger partial charge in [0.1, 0.15) is 0 Å². The van der Waals surface area contributed by atoms with Crippen molar-refractivity contribution in [2.45, 2.75) is 262 Å². The Morgan fingerprint density at radius 2 is 0.667 bits per heavy atom. The number of ether oxygens (including phenoxy) is 10. The Kier molecular flexibility index (Phi) is 62.2. The summed E-state index contributed by atoms with van der Waals surface area (Å²) < 4.78 is 80.0. The lowest BCUT2D eigenvalue weighted by Gasteiger charge is -2.41. The molecule has 10 heterocycles. The number of alkyl halides is 2. The number of piperazine rings is 1. The molecule has 10 saturated heterocycles. The summed E-state index contributed by atoms with van der Waals surface area (Å²) in [4.78, 5) is 51.0. The van der Waals surface area contributed by atoms with Crippen LogP contribution in [-0.2, 0) is 57.0 Å². The van der Waals surface area contributed by atoms with Crippen LogP contribution in [0.25, 0.3) is 0 Å². The summed E-state index contributed by atoms with van der Waals surface area (Å²) in [5, 5.41) is 0. The molecule has 10 aliphatic rings. The molecule has 10 rings (SSSR count). The number of hydrogen-bond donors (Lipinski definition) is 0. The molecule has 2 amide bonds. The second-order valence-electron chi connectivity index (χ2n) is 44.8. The number of morpholine rings is 9. The van der Waals surface area contributed by atoms with Crippen molar-refractivity contribution in [1.82, 2.24) is 58.8 Å². The lowest BCUT2D eigenvalue weighted by Crippen LogP contribution is -2.52. The van der Waals surface area contributed by atoms with E-state index in [4.69, 9.17) is 47.4 Å². The Balaban J connectivity index is 0.00000134. The third-order valence-electron chi connectivity index (χ3n) is 21.8. The molecule has 26 heteroatoms. The molecule has 0 aromatic carbocycles. The Morgan fingerprint density at radius 3 is 0.959 bits per heavy atom.